The molecule has 3 nitrogen and oxygen atoms in total. The molecular weight excluding hydrogens is 352 g/mol. The number of hydrogen-bond acceptors (Lipinski definition) is 2. The first-order valence-electron chi connectivity index (χ1n) is 5.46. The predicted molar refractivity (Wildman–Crippen MR) is 77.4 cm³/mol. The number of carbonyl (C=O) groups is 1. The quantitative estimate of drug-likeness (QED) is 0.786. The molecule has 0 aliphatic heterocycles. The van der Waals surface area contributed by atoms with Crippen molar-refractivity contribution >= 4 is 40.1 Å². The Morgan fingerprint density at radius 1 is 1.59 bits per heavy atom. The second-order valence-electron chi connectivity index (χ2n) is 3.74. The normalized spacial score (nSPS) is 12.2. The van der Waals surface area contributed by atoms with Gasteiger partial charge in [0.2, 0.25) is 0 Å². The molecule has 1 amide bonds. The maximum Gasteiger partial charge on any atom is 0.251 e. The van der Waals surface area contributed by atoms with Gasteiger partial charge in [-0.15, -0.1) is 0 Å². The SMILES string of the molecule is CCC(O)CCNC(=O)c1ccc(I)c(Cl)c1. The lowest BCUT2D eigenvalue weighted by Gasteiger charge is -2.09. The van der Waals surface area contributed by atoms with Gasteiger partial charge >= 0.3 is 0 Å². The number of rotatable bonds is 5. The van der Waals surface area contributed by atoms with E-state index >= 15 is 0 Å². The van der Waals surface area contributed by atoms with Gasteiger partial charge in [0.1, 0.15) is 0 Å². The van der Waals surface area contributed by atoms with E-state index in [9.17, 15) is 9.90 Å². The van der Waals surface area contributed by atoms with Crippen LogP contribution in [0.3, 0.4) is 0 Å². The molecule has 0 aromatic heterocycles. The van der Waals surface area contributed by atoms with E-state index in [-0.39, 0.29) is 12.0 Å². The summed E-state index contributed by atoms with van der Waals surface area (Å²) in [6.45, 7) is 2.38. The van der Waals surface area contributed by atoms with E-state index in [4.69, 9.17) is 11.6 Å². The summed E-state index contributed by atoms with van der Waals surface area (Å²) in [5.74, 6) is -0.161. The van der Waals surface area contributed by atoms with Crippen LogP contribution in [0.4, 0.5) is 0 Å². The van der Waals surface area contributed by atoms with Crippen molar-refractivity contribution in [3.05, 3.63) is 32.4 Å². The number of carbonyl (C=O) groups excluding carboxylic acids is 1. The lowest BCUT2D eigenvalue weighted by molar-refractivity contribution is 0.0942. The van der Waals surface area contributed by atoms with Crippen molar-refractivity contribution in [1.82, 2.24) is 5.32 Å². The maximum atomic E-state index is 11.7. The molecular formula is C12H15ClINO2. The van der Waals surface area contributed by atoms with Crippen molar-refractivity contribution in [3.8, 4) is 0 Å². The average molecular weight is 368 g/mol. The third-order valence-electron chi connectivity index (χ3n) is 2.42. The van der Waals surface area contributed by atoms with Crippen LogP contribution < -0.4 is 5.32 Å². The van der Waals surface area contributed by atoms with Gasteiger partial charge in [0, 0.05) is 15.7 Å². The molecule has 17 heavy (non-hydrogen) atoms. The standard InChI is InChI=1S/C12H15ClINO2/c1-2-9(16)5-6-15-12(17)8-3-4-11(14)10(13)7-8/h3-4,7,9,16H,2,5-6H2,1H3,(H,15,17). The largest absolute Gasteiger partial charge is 0.393 e. The smallest absolute Gasteiger partial charge is 0.251 e. The van der Waals surface area contributed by atoms with Crippen LogP contribution in [0.1, 0.15) is 30.1 Å². The highest BCUT2D eigenvalue weighted by Gasteiger charge is 2.08. The van der Waals surface area contributed by atoms with E-state index in [2.05, 4.69) is 27.9 Å². The van der Waals surface area contributed by atoms with Crippen LogP contribution >= 0.6 is 34.2 Å². The Kier molecular flexibility index (Phi) is 6.22. The van der Waals surface area contributed by atoms with Gasteiger partial charge in [0.25, 0.3) is 5.91 Å². The summed E-state index contributed by atoms with van der Waals surface area (Å²) < 4.78 is 0.919. The van der Waals surface area contributed by atoms with Crippen LogP contribution in [0.2, 0.25) is 5.02 Å². The third-order valence-corrected chi connectivity index (χ3v) is 3.99. The third kappa shape index (κ3) is 4.81. The van der Waals surface area contributed by atoms with Gasteiger partial charge in [-0.1, -0.05) is 18.5 Å². The Hall–Kier alpha value is -0.330. The molecule has 0 aliphatic rings. The number of aliphatic hydroxyl groups excluding tert-OH is 1. The van der Waals surface area contributed by atoms with Crippen molar-refractivity contribution in [3.63, 3.8) is 0 Å². The fourth-order valence-corrected chi connectivity index (χ4v) is 1.81. The van der Waals surface area contributed by atoms with Gasteiger partial charge in [-0.05, 0) is 53.6 Å². The molecule has 0 spiro atoms. The second-order valence-corrected chi connectivity index (χ2v) is 5.30. The van der Waals surface area contributed by atoms with Crippen molar-refractivity contribution in [2.24, 2.45) is 0 Å². The predicted octanol–water partition coefficient (Wildman–Crippen LogP) is 2.84. The number of halogens is 2. The molecule has 0 saturated heterocycles. The Balaban J connectivity index is 2.50. The highest BCUT2D eigenvalue weighted by atomic mass is 127. The van der Waals surface area contributed by atoms with Crippen molar-refractivity contribution in [2.45, 2.75) is 25.9 Å². The van der Waals surface area contributed by atoms with E-state index in [1.807, 2.05) is 6.92 Å². The number of nitrogens with one attached hydrogen (secondary N) is 1. The molecule has 1 aromatic rings. The van der Waals surface area contributed by atoms with Crippen LogP contribution in [0.15, 0.2) is 18.2 Å². The lowest BCUT2D eigenvalue weighted by Crippen LogP contribution is -2.27. The summed E-state index contributed by atoms with van der Waals surface area (Å²) in [5.41, 5.74) is 0.543. The summed E-state index contributed by atoms with van der Waals surface area (Å²) in [4.78, 5) is 11.7. The first kappa shape index (κ1) is 14.7. The molecule has 0 aliphatic carbocycles. The Bertz CT molecular complexity index is 398. The van der Waals surface area contributed by atoms with Crippen molar-refractivity contribution in [2.75, 3.05) is 6.54 Å². The number of amides is 1. The molecule has 1 aromatic carbocycles. The minimum absolute atomic E-state index is 0.161. The first-order valence-corrected chi connectivity index (χ1v) is 6.91. The number of benzene rings is 1. The van der Waals surface area contributed by atoms with E-state index in [0.717, 1.165) is 3.57 Å². The molecule has 1 rings (SSSR count). The van der Waals surface area contributed by atoms with E-state index in [1.165, 1.54) is 0 Å². The lowest BCUT2D eigenvalue weighted by atomic mass is 10.2. The molecule has 2 N–H and O–H groups in total. The highest BCUT2D eigenvalue weighted by molar-refractivity contribution is 14.1. The highest BCUT2D eigenvalue weighted by Crippen LogP contribution is 2.19. The Morgan fingerprint density at radius 2 is 2.29 bits per heavy atom. The van der Waals surface area contributed by atoms with Crippen LogP contribution in [-0.4, -0.2) is 23.7 Å². The molecule has 5 heteroatoms. The van der Waals surface area contributed by atoms with Gasteiger partial charge in [-0.3, -0.25) is 4.79 Å². The summed E-state index contributed by atoms with van der Waals surface area (Å²) >= 11 is 8.05. The Morgan fingerprint density at radius 3 is 2.88 bits per heavy atom. The minimum atomic E-state index is -0.351. The first-order chi connectivity index (χ1) is 8.04. The molecule has 0 heterocycles. The van der Waals surface area contributed by atoms with Crippen molar-refractivity contribution in [1.29, 1.82) is 0 Å². The minimum Gasteiger partial charge on any atom is -0.393 e. The zero-order valence-electron chi connectivity index (χ0n) is 9.54. The summed E-state index contributed by atoms with van der Waals surface area (Å²) in [5, 5.41) is 12.7. The second kappa shape index (κ2) is 7.18. The Labute approximate surface area is 120 Å². The van der Waals surface area contributed by atoms with Crippen LogP contribution in [-0.2, 0) is 0 Å². The summed E-state index contributed by atoms with van der Waals surface area (Å²) in [6.07, 6.45) is 0.918. The molecule has 0 bridgehead atoms. The van der Waals surface area contributed by atoms with Crippen molar-refractivity contribution < 1.29 is 9.90 Å². The molecule has 0 radical (unpaired) electrons. The zero-order chi connectivity index (χ0) is 12.8. The molecule has 1 atom stereocenters. The summed E-state index contributed by atoms with van der Waals surface area (Å²) in [7, 11) is 0. The topological polar surface area (TPSA) is 49.3 Å². The van der Waals surface area contributed by atoms with Gasteiger partial charge in [0.15, 0.2) is 0 Å². The number of hydrogen-bond donors (Lipinski definition) is 2. The maximum absolute atomic E-state index is 11.7. The monoisotopic (exact) mass is 367 g/mol. The van der Waals surface area contributed by atoms with Crippen LogP contribution in [0.25, 0.3) is 0 Å². The summed E-state index contributed by atoms with van der Waals surface area (Å²) in [6, 6.07) is 5.19. The molecule has 0 saturated carbocycles. The van der Waals surface area contributed by atoms with Gasteiger partial charge in [-0.2, -0.15) is 0 Å². The molecule has 94 valence electrons. The zero-order valence-corrected chi connectivity index (χ0v) is 12.5. The number of aliphatic hydroxyl groups is 1. The molecule has 1 unspecified atom stereocenters. The fraction of sp³-hybridized carbons (Fsp3) is 0.417. The average Bonchev–Trinajstić information content (AvgIpc) is 2.32. The van der Waals surface area contributed by atoms with E-state index in [1.54, 1.807) is 18.2 Å². The van der Waals surface area contributed by atoms with Crippen LogP contribution in [0, 0.1) is 3.57 Å². The van der Waals surface area contributed by atoms with E-state index in [0.29, 0.717) is 30.0 Å². The van der Waals surface area contributed by atoms with E-state index < -0.39 is 0 Å². The van der Waals surface area contributed by atoms with Gasteiger partial charge in [-0.25, -0.2) is 0 Å². The van der Waals surface area contributed by atoms with Gasteiger partial charge < -0.3 is 10.4 Å². The van der Waals surface area contributed by atoms with Crippen LogP contribution in [0.5, 0.6) is 0 Å². The fourth-order valence-electron chi connectivity index (χ4n) is 1.30. The molecule has 0 fully saturated rings. The van der Waals surface area contributed by atoms with Gasteiger partial charge in [0.05, 0.1) is 11.1 Å².